The summed E-state index contributed by atoms with van der Waals surface area (Å²) in [7, 11) is 3.91. The van der Waals surface area contributed by atoms with Crippen LogP contribution >= 0.6 is 15.9 Å². The number of nitrogens with one attached hydrogen (secondary N) is 1. The van der Waals surface area contributed by atoms with Crippen LogP contribution < -0.4 is 10.6 Å². The van der Waals surface area contributed by atoms with E-state index in [1.54, 1.807) is 0 Å². The average Bonchev–Trinajstić information content (AvgIpc) is 2.80. The molecule has 0 amide bonds. The first-order valence-corrected chi connectivity index (χ1v) is 6.93. The van der Waals surface area contributed by atoms with E-state index in [9.17, 15) is 0 Å². The van der Waals surface area contributed by atoms with Gasteiger partial charge in [-0.05, 0) is 30.3 Å². The molecule has 2 heterocycles. The van der Waals surface area contributed by atoms with E-state index in [-0.39, 0.29) is 0 Å². The fourth-order valence-corrected chi connectivity index (χ4v) is 2.39. The number of nitrogen functional groups attached to an aromatic ring is 1. The molecule has 6 heteroatoms. The second-order valence-corrected chi connectivity index (χ2v) is 5.67. The molecule has 0 fully saturated rings. The number of nitrogens with two attached hydrogens (primary N) is 1. The SMILES string of the molecule is CN(C)c1ccc2[nH]c(-c3ccc(Br)cc3N)nc2n1. The van der Waals surface area contributed by atoms with Gasteiger partial charge in [0, 0.05) is 29.8 Å². The Balaban J connectivity index is 2.13. The highest BCUT2D eigenvalue weighted by atomic mass is 79.9. The van der Waals surface area contributed by atoms with Crippen LogP contribution in [0, 0.1) is 0 Å². The number of hydrogen-bond acceptors (Lipinski definition) is 4. The molecule has 20 heavy (non-hydrogen) atoms. The number of fused-ring (bicyclic) bond motifs is 1. The smallest absolute Gasteiger partial charge is 0.180 e. The van der Waals surface area contributed by atoms with Crippen LogP contribution in [0.5, 0.6) is 0 Å². The standard InChI is InChI=1S/C14H14BrN5/c1-20(2)12-6-5-11-14(18-12)19-13(17-11)9-4-3-8(15)7-10(9)16/h3-7H,16H2,1-2H3,(H,17,18,19). The van der Waals surface area contributed by atoms with Gasteiger partial charge in [-0.1, -0.05) is 15.9 Å². The fourth-order valence-electron chi connectivity index (χ4n) is 2.01. The summed E-state index contributed by atoms with van der Waals surface area (Å²) >= 11 is 3.40. The van der Waals surface area contributed by atoms with Gasteiger partial charge in [-0.25, -0.2) is 9.97 Å². The first-order valence-electron chi connectivity index (χ1n) is 6.14. The van der Waals surface area contributed by atoms with E-state index in [1.807, 2.05) is 49.3 Å². The molecule has 0 atom stereocenters. The predicted molar refractivity (Wildman–Crippen MR) is 85.8 cm³/mol. The summed E-state index contributed by atoms with van der Waals surface area (Å²) in [6.45, 7) is 0. The molecule has 0 aliphatic rings. The number of benzene rings is 1. The van der Waals surface area contributed by atoms with Crippen molar-refractivity contribution in [3.8, 4) is 11.4 Å². The molecule has 0 saturated carbocycles. The molecule has 102 valence electrons. The van der Waals surface area contributed by atoms with Crippen LogP contribution in [0.3, 0.4) is 0 Å². The molecule has 0 aliphatic heterocycles. The molecule has 0 saturated heterocycles. The zero-order valence-corrected chi connectivity index (χ0v) is 12.8. The molecule has 0 radical (unpaired) electrons. The van der Waals surface area contributed by atoms with Crippen molar-refractivity contribution in [3.63, 3.8) is 0 Å². The van der Waals surface area contributed by atoms with Gasteiger partial charge in [-0.3, -0.25) is 0 Å². The molecule has 0 unspecified atom stereocenters. The summed E-state index contributed by atoms with van der Waals surface area (Å²) < 4.78 is 0.947. The van der Waals surface area contributed by atoms with Gasteiger partial charge < -0.3 is 15.6 Å². The lowest BCUT2D eigenvalue weighted by Crippen LogP contribution is -2.10. The molecular weight excluding hydrogens is 318 g/mol. The number of imidazole rings is 1. The van der Waals surface area contributed by atoms with Gasteiger partial charge in [0.15, 0.2) is 5.65 Å². The summed E-state index contributed by atoms with van der Waals surface area (Å²) in [6, 6.07) is 9.67. The maximum Gasteiger partial charge on any atom is 0.180 e. The number of H-pyrrole nitrogens is 1. The van der Waals surface area contributed by atoms with Crippen LogP contribution in [-0.2, 0) is 0 Å². The number of rotatable bonds is 2. The van der Waals surface area contributed by atoms with E-state index in [2.05, 4.69) is 30.9 Å². The van der Waals surface area contributed by atoms with E-state index in [1.165, 1.54) is 0 Å². The predicted octanol–water partition coefficient (Wildman–Crippen LogP) is 3.04. The Morgan fingerprint density at radius 3 is 2.65 bits per heavy atom. The Hall–Kier alpha value is -2.08. The maximum absolute atomic E-state index is 6.03. The van der Waals surface area contributed by atoms with Crippen LogP contribution in [-0.4, -0.2) is 29.0 Å². The largest absolute Gasteiger partial charge is 0.398 e. The lowest BCUT2D eigenvalue weighted by atomic mass is 10.2. The van der Waals surface area contributed by atoms with Gasteiger partial charge >= 0.3 is 0 Å². The molecule has 0 bridgehead atoms. The molecule has 0 spiro atoms. The minimum atomic E-state index is 0.672. The van der Waals surface area contributed by atoms with E-state index >= 15 is 0 Å². The Morgan fingerprint density at radius 1 is 1.15 bits per heavy atom. The molecule has 3 N–H and O–H groups in total. The third-order valence-electron chi connectivity index (χ3n) is 3.06. The van der Waals surface area contributed by atoms with Crippen LogP contribution in [0.1, 0.15) is 0 Å². The van der Waals surface area contributed by atoms with Gasteiger partial charge in [0.2, 0.25) is 0 Å². The topological polar surface area (TPSA) is 70.8 Å². The third kappa shape index (κ3) is 2.22. The highest BCUT2D eigenvalue weighted by Crippen LogP contribution is 2.28. The highest BCUT2D eigenvalue weighted by Gasteiger charge is 2.10. The summed E-state index contributed by atoms with van der Waals surface area (Å²) in [4.78, 5) is 14.2. The number of halogens is 1. The van der Waals surface area contributed by atoms with Gasteiger partial charge in [-0.15, -0.1) is 0 Å². The highest BCUT2D eigenvalue weighted by molar-refractivity contribution is 9.10. The number of aromatic amines is 1. The first kappa shape index (κ1) is 12.9. The van der Waals surface area contributed by atoms with Gasteiger partial charge in [0.25, 0.3) is 0 Å². The Kier molecular flexibility index (Phi) is 3.10. The number of aromatic nitrogens is 3. The van der Waals surface area contributed by atoms with Crippen molar-refractivity contribution in [2.24, 2.45) is 0 Å². The van der Waals surface area contributed by atoms with Crippen molar-refractivity contribution in [1.82, 2.24) is 15.0 Å². The number of pyridine rings is 1. The van der Waals surface area contributed by atoms with Crippen molar-refractivity contribution in [2.75, 3.05) is 24.7 Å². The second-order valence-electron chi connectivity index (χ2n) is 4.75. The molecular formula is C14H14BrN5. The number of nitrogens with zero attached hydrogens (tertiary/aromatic N) is 3. The second kappa shape index (κ2) is 4.79. The van der Waals surface area contributed by atoms with Gasteiger partial charge in [0.05, 0.1) is 5.52 Å². The molecule has 1 aromatic carbocycles. The van der Waals surface area contributed by atoms with Crippen molar-refractivity contribution < 1.29 is 0 Å². The third-order valence-corrected chi connectivity index (χ3v) is 3.55. The fraction of sp³-hybridized carbons (Fsp3) is 0.143. The van der Waals surface area contributed by atoms with E-state index < -0.39 is 0 Å². The molecule has 0 aliphatic carbocycles. The van der Waals surface area contributed by atoms with Crippen molar-refractivity contribution in [1.29, 1.82) is 0 Å². The minimum Gasteiger partial charge on any atom is -0.398 e. The molecule has 3 aromatic rings. The Morgan fingerprint density at radius 2 is 1.95 bits per heavy atom. The lowest BCUT2D eigenvalue weighted by molar-refractivity contribution is 1.08. The average molecular weight is 332 g/mol. The monoisotopic (exact) mass is 331 g/mol. The molecule has 3 rings (SSSR count). The van der Waals surface area contributed by atoms with E-state index in [4.69, 9.17) is 5.73 Å². The zero-order chi connectivity index (χ0) is 14.3. The quantitative estimate of drug-likeness (QED) is 0.708. The normalized spacial score (nSPS) is 10.9. The first-order chi connectivity index (χ1) is 9.54. The van der Waals surface area contributed by atoms with Gasteiger partial charge in [-0.2, -0.15) is 0 Å². The van der Waals surface area contributed by atoms with Crippen LogP contribution in [0.25, 0.3) is 22.6 Å². The van der Waals surface area contributed by atoms with Crippen molar-refractivity contribution >= 4 is 38.6 Å². The Labute approximate surface area is 125 Å². The van der Waals surface area contributed by atoms with Crippen molar-refractivity contribution in [2.45, 2.75) is 0 Å². The maximum atomic E-state index is 6.03. The van der Waals surface area contributed by atoms with Gasteiger partial charge in [0.1, 0.15) is 11.6 Å². The van der Waals surface area contributed by atoms with E-state index in [0.29, 0.717) is 11.3 Å². The van der Waals surface area contributed by atoms with Crippen LogP contribution in [0.2, 0.25) is 0 Å². The Bertz CT molecular complexity index is 778. The van der Waals surface area contributed by atoms with Crippen LogP contribution in [0.15, 0.2) is 34.8 Å². The summed E-state index contributed by atoms with van der Waals surface area (Å²) in [6.07, 6.45) is 0. The van der Waals surface area contributed by atoms with E-state index in [0.717, 1.165) is 27.2 Å². The minimum absolute atomic E-state index is 0.672. The zero-order valence-electron chi connectivity index (χ0n) is 11.2. The van der Waals surface area contributed by atoms with Crippen molar-refractivity contribution in [3.05, 3.63) is 34.8 Å². The number of anilines is 2. The lowest BCUT2D eigenvalue weighted by Gasteiger charge is -2.09. The summed E-state index contributed by atoms with van der Waals surface area (Å²) in [5, 5.41) is 0. The number of hydrogen-bond donors (Lipinski definition) is 2. The molecule has 2 aromatic heterocycles. The summed E-state index contributed by atoms with van der Waals surface area (Å²) in [5.41, 5.74) is 9.16. The van der Waals surface area contributed by atoms with Crippen LogP contribution in [0.4, 0.5) is 11.5 Å². The molecule has 5 nitrogen and oxygen atoms in total. The summed E-state index contributed by atoms with van der Waals surface area (Å²) in [5.74, 6) is 1.60.